The molecule has 0 aliphatic rings. The molecule has 0 fully saturated rings. The summed E-state index contributed by atoms with van der Waals surface area (Å²) in [6, 6.07) is 3.50. The minimum absolute atomic E-state index is 0.176. The van der Waals surface area contributed by atoms with Crippen molar-refractivity contribution in [2.75, 3.05) is 18.1 Å². The number of rotatable bonds is 5. The van der Waals surface area contributed by atoms with Crippen LogP contribution in [0.25, 0.3) is 0 Å². The van der Waals surface area contributed by atoms with Gasteiger partial charge in [0.05, 0.1) is 10.4 Å². The quantitative estimate of drug-likeness (QED) is 0.784. The number of thiocarbonyl (C=S) groups is 1. The molecule has 0 saturated carbocycles. The lowest BCUT2D eigenvalue weighted by Crippen LogP contribution is -2.38. The molecule has 18 heavy (non-hydrogen) atoms. The third-order valence-corrected chi connectivity index (χ3v) is 5.09. The van der Waals surface area contributed by atoms with Crippen LogP contribution in [-0.4, -0.2) is 35.9 Å². The van der Waals surface area contributed by atoms with Crippen LogP contribution in [0, 0.1) is 0 Å². The molecule has 0 amide bonds. The van der Waals surface area contributed by atoms with Gasteiger partial charge in [-0.3, -0.25) is 4.98 Å². The fourth-order valence-electron chi connectivity index (χ4n) is 1.18. The van der Waals surface area contributed by atoms with Crippen molar-refractivity contribution in [1.82, 2.24) is 4.98 Å². The summed E-state index contributed by atoms with van der Waals surface area (Å²) >= 11 is 4.89. The van der Waals surface area contributed by atoms with Gasteiger partial charge in [-0.15, -0.1) is 0 Å². The number of hydrogen-bond donors (Lipinski definition) is 2. The smallest absolute Gasteiger partial charge is 0.154 e. The maximum atomic E-state index is 11.6. The van der Waals surface area contributed by atoms with Gasteiger partial charge in [-0.1, -0.05) is 12.2 Å². The molecule has 0 bridgehead atoms. The average Bonchev–Trinajstić information content (AvgIpc) is 2.25. The van der Waals surface area contributed by atoms with Gasteiger partial charge < -0.3 is 11.1 Å². The number of pyridine rings is 1. The highest BCUT2D eigenvalue weighted by Gasteiger charge is 2.30. The van der Waals surface area contributed by atoms with E-state index in [0.717, 1.165) is 0 Å². The first kappa shape index (κ1) is 14.8. The molecule has 0 spiro atoms. The van der Waals surface area contributed by atoms with Crippen molar-refractivity contribution in [3.05, 3.63) is 24.0 Å². The first-order valence-electron chi connectivity index (χ1n) is 5.33. The molecule has 7 heteroatoms. The van der Waals surface area contributed by atoms with Crippen molar-refractivity contribution in [2.24, 2.45) is 5.73 Å². The lowest BCUT2D eigenvalue weighted by Gasteiger charge is -2.23. The fraction of sp³-hybridized carbons (Fsp3) is 0.455. The zero-order chi connectivity index (χ0) is 14.0. The SMILES string of the molecule is CC(C)(CNc1cccnc1C(N)=S)S(C)(=O)=O. The van der Waals surface area contributed by atoms with Crippen molar-refractivity contribution in [2.45, 2.75) is 18.6 Å². The largest absolute Gasteiger partial charge is 0.388 e. The van der Waals surface area contributed by atoms with E-state index in [4.69, 9.17) is 18.0 Å². The van der Waals surface area contributed by atoms with Crippen LogP contribution in [0.15, 0.2) is 18.3 Å². The topological polar surface area (TPSA) is 85.1 Å². The first-order valence-corrected chi connectivity index (χ1v) is 7.63. The molecule has 1 heterocycles. The Labute approximate surface area is 113 Å². The van der Waals surface area contributed by atoms with Crippen molar-refractivity contribution in [3.63, 3.8) is 0 Å². The van der Waals surface area contributed by atoms with Gasteiger partial charge in [0.2, 0.25) is 0 Å². The van der Waals surface area contributed by atoms with Crippen LogP contribution in [-0.2, 0) is 9.84 Å². The molecule has 0 aromatic carbocycles. The minimum Gasteiger partial charge on any atom is -0.388 e. The van der Waals surface area contributed by atoms with E-state index < -0.39 is 14.6 Å². The Morgan fingerprint density at radius 2 is 2.17 bits per heavy atom. The third kappa shape index (κ3) is 3.39. The average molecular weight is 287 g/mol. The van der Waals surface area contributed by atoms with E-state index in [1.54, 1.807) is 32.2 Å². The van der Waals surface area contributed by atoms with E-state index in [1.807, 2.05) is 0 Å². The second-order valence-corrected chi connectivity index (χ2v) is 7.74. The van der Waals surface area contributed by atoms with Crippen LogP contribution >= 0.6 is 12.2 Å². The predicted molar refractivity (Wildman–Crippen MR) is 77.5 cm³/mol. The summed E-state index contributed by atoms with van der Waals surface area (Å²) in [5.74, 6) is 0. The Hall–Kier alpha value is -1.21. The van der Waals surface area contributed by atoms with Crippen molar-refractivity contribution < 1.29 is 8.42 Å². The molecule has 1 rings (SSSR count). The van der Waals surface area contributed by atoms with Gasteiger partial charge in [0.1, 0.15) is 10.7 Å². The number of sulfone groups is 1. The van der Waals surface area contributed by atoms with Crippen LogP contribution in [0.2, 0.25) is 0 Å². The monoisotopic (exact) mass is 287 g/mol. The molecule has 3 N–H and O–H groups in total. The number of nitrogens with zero attached hydrogens (tertiary/aromatic N) is 1. The summed E-state index contributed by atoms with van der Waals surface area (Å²) in [6.07, 6.45) is 2.80. The minimum atomic E-state index is -3.15. The van der Waals surface area contributed by atoms with Crippen molar-refractivity contribution >= 4 is 32.7 Å². The molecule has 0 radical (unpaired) electrons. The summed E-state index contributed by atoms with van der Waals surface area (Å²) in [5.41, 5.74) is 6.66. The molecule has 0 atom stereocenters. The summed E-state index contributed by atoms with van der Waals surface area (Å²) in [7, 11) is -3.15. The van der Waals surface area contributed by atoms with Gasteiger partial charge in [0.15, 0.2) is 9.84 Å². The van der Waals surface area contributed by atoms with E-state index in [1.165, 1.54) is 6.26 Å². The zero-order valence-electron chi connectivity index (χ0n) is 10.6. The highest BCUT2D eigenvalue weighted by atomic mass is 32.2. The molecule has 100 valence electrons. The molecule has 5 nitrogen and oxygen atoms in total. The second-order valence-electron chi connectivity index (χ2n) is 4.65. The maximum Gasteiger partial charge on any atom is 0.154 e. The Kier molecular flexibility index (Phi) is 4.28. The lowest BCUT2D eigenvalue weighted by atomic mass is 10.2. The molecular weight excluding hydrogens is 270 g/mol. The van der Waals surface area contributed by atoms with Gasteiger partial charge in [-0.25, -0.2) is 8.42 Å². The summed E-state index contributed by atoms with van der Waals surface area (Å²) < 4.78 is 22.3. The van der Waals surface area contributed by atoms with Gasteiger partial charge >= 0.3 is 0 Å². The Morgan fingerprint density at radius 1 is 1.56 bits per heavy atom. The number of hydrogen-bond acceptors (Lipinski definition) is 5. The fourth-order valence-corrected chi connectivity index (χ4v) is 1.68. The molecule has 0 aliphatic carbocycles. The first-order chi connectivity index (χ1) is 8.15. The van der Waals surface area contributed by atoms with Gasteiger partial charge in [0.25, 0.3) is 0 Å². The highest BCUT2D eigenvalue weighted by molar-refractivity contribution is 7.92. The van der Waals surface area contributed by atoms with Crippen molar-refractivity contribution in [3.8, 4) is 0 Å². The standard InChI is InChI=1S/C11H17N3O2S2/c1-11(2,18(3,15)16)7-14-8-5-4-6-13-9(8)10(12)17/h4-6,14H,7H2,1-3H3,(H2,12,17). The predicted octanol–water partition coefficient (Wildman–Crippen LogP) is 0.951. The normalized spacial score (nSPS) is 12.2. The zero-order valence-corrected chi connectivity index (χ0v) is 12.2. The number of aromatic nitrogens is 1. The van der Waals surface area contributed by atoms with Crippen LogP contribution in [0.4, 0.5) is 5.69 Å². The van der Waals surface area contributed by atoms with E-state index >= 15 is 0 Å². The van der Waals surface area contributed by atoms with Gasteiger partial charge in [0, 0.05) is 19.0 Å². The highest BCUT2D eigenvalue weighted by Crippen LogP contribution is 2.18. The van der Waals surface area contributed by atoms with Gasteiger partial charge in [-0.2, -0.15) is 0 Å². The van der Waals surface area contributed by atoms with Gasteiger partial charge in [-0.05, 0) is 26.0 Å². The third-order valence-electron chi connectivity index (χ3n) is 2.75. The maximum absolute atomic E-state index is 11.6. The number of nitrogens with one attached hydrogen (secondary N) is 1. The Balaban J connectivity index is 2.91. The lowest BCUT2D eigenvalue weighted by molar-refractivity contribution is 0.560. The van der Waals surface area contributed by atoms with E-state index in [2.05, 4.69) is 10.3 Å². The van der Waals surface area contributed by atoms with Crippen LogP contribution < -0.4 is 11.1 Å². The molecule has 0 saturated heterocycles. The second kappa shape index (κ2) is 5.19. The summed E-state index contributed by atoms with van der Waals surface area (Å²) in [5, 5.41) is 3.03. The summed E-state index contributed by atoms with van der Waals surface area (Å²) in [6.45, 7) is 3.57. The number of anilines is 1. The summed E-state index contributed by atoms with van der Waals surface area (Å²) in [4.78, 5) is 4.24. The molecule has 1 aromatic rings. The number of nitrogens with two attached hydrogens (primary N) is 1. The molecule has 0 unspecified atom stereocenters. The Bertz CT molecular complexity index is 553. The molecule has 0 aliphatic heterocycles. The van der Waals surface area contributed by atoms with E-state index in [0.29, 0.717) is 11.4 Å². The van der Waals surface area contributed by atoms with Crippen LogP contribution in [0.1, 0.15) is 19.5 Å². The Morgan fingerprint density at radius 3 is 2.67 bits per heavy atom. The molecule has 1 aromatic heterocycles. The van der Waals surface area contributed by atoms with Crippen LogP contribution in [0.3, 0.4) is 0 Å². The van der Waals surface area contributed by atoms with Crippen LogP contribution in [0.5, 0.6) is 0 Å². The van der Waals surface area contributed by atoms with Crippen molar-refractivity contribution in [1.29, 1.82) is 0 Å². The van der Waals surface area contributed by atoms with E-state index in [9.17, 15) is 8.42 Å². The molecular formula is C11H17N3O2S2. The van der Waals surface area contributed by atoms with E-state index in [-0.39, 0.29) is 11.5 Å².